The fourth-order valence-electron chi connectivity index (χ4n) is 4.68. The SMILES string of the molecule is CC(C)Cn1c(N)c([C@H](c2ccccc2)N2CCN(c3ccccc3)CC2)c(=O)n(C)c1=O. The monoisotopic (exact) mass is 447 g/mol. The van der Waals surface area contributed by atoms with Crippen LogP contribution in [0.1, 0.15) is 31.0 Å². The molecule has 0 unspecified atom stereocenters. The lowest BCUT2D eigenvalue weighted by molar-refractivity contribution is 0.210. The van der Waals surface area contributed by atoms with E-state index in [1.165, 1.54) is 10.3 Å². The van der Waals surface area contributed by atoms with Crippen LogP contribution >= 0.6 is 0 Å². The molecule has 1 atom stereocenters. The van der Waals surface area contributed by atoms with Crippen molar-refractivity contribution < 1.29 is 0 Å². The standard InChI is InChI=1S/C26H33N5O2/c1-19(2)18-31-24(27)22(25(32)28(3)26(31)33)23(20-10-6-4-7-11-20)30-16-14-29(15-17-30)21-12-8-5-9-13-21/h4-13,19,23H,14-18,27H2,1-3H3/t23-/m0/s1. The molecule has 1 aliphatic heterocycles. The number of anilines is 2. The van der Waals surface area contributed by atoms with Crippen molar-refractivity contribution in [1.82, 2.24) is 14.0 Å². The maximum Gasteiger partial charge on any atom is 0.332 e. The van der Waals surface area contributed by atoms with Gasteiger partial charge in [-0.25, -0.2) is 4.79 Å². The third-order valence-electron chi connectivity index (χ3n) is 6.36. The first-order valence-electron chi connectivity index (χ1n) is 11.6. The summed E-state index contributed by atoms with van der Waals surface area (Å²) in [4.78, 5) is 31.0. The summed E-state index contributed by atoms with van der Waals surface area (Å²) in [5, 5.41) is 0. The molecule has 1 aromatic heterocycles. The Bertz CT molecular complexity index is 1190. The molecule has 0 spiro atoms. The Morgan fingerprint density at radius 2 is 1.45 bits per heavy atom. The van der Waals surface area contributed by atoms with Gasteiger partial charge in [-0.3, -0.25) is 18.8 Å². The molecule has 1 saturated heterocycles. The molecule has 0 aliphatic carbocycles. The van der Waals surface area contributed by atoms with E-state index in [2.05, 4.69) is 34.1 Å². The molecule has 1 aliphatic rings. The summed E-state index contributed by atoms with van der Waals surface area (Å²) in [5.41, 5.74) is 8.58. The Kier molecular flexibility index (Phi) is 6.70. The highest BCUT2D eigenvalue weighted by atomic mass is 16.2. The second-order valence-electron chi connectivity index (χ2n) is 9.12. The van der Waals surface area contributed by atoms with Gasteiger partial charge in [-0.2, -0.15) is 0 Å². The van der Waals surface area contributed by atoms with E-state index in [0.29, 0.717) is 12.1 Å². The number of nitrogens with zero attached hydrogens (tertiary/aromatic N) is 4. The van der Waals surface area contributed by atoms with Crippen LogP contribution in [0.5, 0.6) is 0 Å². The zero-order valence-electron chi connectivity index (χ0n) is 19.6. The first kappa shape index (κ1) is 22.9. The summed E-state index contributed by atoms with van der Waals surface area (Å²) in [5.74, 6) is 0.496. The number of hydrogen-bond donors (Lipinski definition) is 1. The van der Waals surface area contributed by atoms with Gasteiger partial charge in [-0.15, -0.1) is 0 Å². The number of hydrogen-bond acceptors (Lipinski definition) is 5. The molecular weight excluding hydrogens is 414 g/mol. The molecule has 0 amide bonds. The van der Waals surface area contributed by atoms with E-state index < -0.39 is 0 Å². The predicted molar refractivity (Wildman–Crippen MR) is 134 cm³/mol. The number of piperazine rings is 1. The molecule has 0 radical (unpaired) electrons. The Morgan fingerprint density at radius 1 is 0.879 bits per heavy atom. The zero-order valence-corrected chi connectivity index (χ0v) is 19.6. The highest BCUT2D eigenvalue weighted by Crippen LogP contribution is 2.31. The first-order chi connectivity index (χ1) is 15.9. The lowest BCUT2D eigenvalue weighted by Gasteiger charge is -2.40. The van der Waals surface area contributed by atoms with Crippen molar-refractivity contribution in [3.63, 3.8) is 0 Å². The summed E-state index contributed by atoms with van der Waals surface area (Å²) in [7, 11) is 1.54. The molecule has 0 bridgehead atoms. The largest absolute Gasteiger partial charge is 0.385 e. The van der Waals surface area contributed by atoms with Crippen molar-refractivity contribution in [3.8, 4) is 0 Å². The van der Waals surface area contributed by atoms with Crippen LogP contribution < -0.4 is 21.9 Å². The molecule has 7 heteroatoms. The lowest BCUT2D eigenvalue weighted by atomic mass is 9.97. The Hall–Kier alpha value is -3.32. The van der Waals surface area contributed by atoms with Crippen molar-refractivity contribution >= 4 is 11.5 Å². The number of para-hydroxylation sites is 1. The van der Waals surface area contributed by atoms with Gasteiger partial charge in [0.1, 0.15) is 5.82 Å². The van der Waals surface area contributed by atoms with Crippen LogP contribution in [0.25, 0.3) is 0 Å². The highest BCUT2D eigenvalue weighted by molar-refractivity contribution is 5.48. The molecule has 174 valence electrons. The van der Waals surface area contributed by atoms with E-state index in [9.17, 15) is 9.59 Å². The molecule has 3 aromatic rings. The van der Waals surface area contributed by atoms with Crippen LogP contribution in [-0.4, -0.2) is 40.2 Å². The van der Waals surface area contributed by atoms with Crippen LogP contribution in [0.3, 0.4) is 0 Å². The smallest absolute Gasteiger partial charge is 0.332 e. The van der Waals surface area contributed by atoms with Crippen molar-refractivity contribution in [3.05, 3.63) is 92.6 Å². The van der Waals surface area contributed by atoms with Gasteiger partial charge < -0.3 is 10.6 Å². The van der Waals surface area contributed by atoms with Crippen LogP contribution in [0.2, 0.25) is 0 Å². The summed E-state index contributed by atoms with van der Waals surface area (Å²) >= 11 is 0. The lowest BCUT2D eigenvalue weighted by Crippen LogP contribution is -2.50. The third-order valence-corrected chi connectivity index (χ3v) is 6.36. The molecule has 2 N–H and O–H groups in total. The van der Waals surface area contributed by atoms with Crippen LogP contribution in [0.15, 0.2) is 70.3 Å². The van der Waals surface area contributed by atoms with Gasteiger partial charge in [0.2, 0.25) is 0 Å². The van der Waals surface area contributed by atoms with E-state index >= 15 is 0 Å². The quantitative estimate of drug-likeness (QED) is 0.629. The van der Waals surface area contributed by atoms with Crippen LogP contribution in [0.4, 0.5) is 11.5 Å². The molecule has 4 rings (SSSR count). The Labute approximate surface area is 194 Å². The normalized spacial score (nSPS) is 15.7. The minimum absolute atomic E-state index is 0.222. The second kappa shape index (κ2) is 9.67. The van der Waals surface area contributed by atoms with E-state index in [1.807, 2.05) is 50.2 Å². The molecule has 33 heavy (non-hydrogen) atoms. The van der Waals surface area contributed by atoms with E-state index in [-0.39, 0.29) is 29.0 Å². The van der Waals surface area contributed by atoms with Crippen molar-refractivity contribution in [2.24, 2.45) is 13.0 Å². The summed E-state index contributed by atoms with van der Waals surface area (Å²) < 4.78 is 2.75. The van der Waals surface area contributed by atoms with Crippen molar-refractivity contribution in [2.45, 2.75) is 26.4 Å². The topological polar surface area (TPSA) is 76.5 Å². The van der Waals surface area contributed by atoms with E-state index in [0.717, 1.165) is 31.7 Å². The van der Waals surface area contributed by atoms with Gasteiger partial charge in [0.15, 0.2) is 0 Å². The van der Waals surface area contributed by atoms with Crippen LogP contribution in [0, 0.1) is 5.92 Å². The number of nitrogens with two attached hydrogens (primary N) is 1. The van der Waals surface area contributed by atoms with E-state index in [1.54, 1.807) is 11.6 Å². The van der Waals surface area contributed by atoms with Gasteiger partial charge in [-0.05, 0) is 23.6 Å². The minimum atomic E-state index is -0.365. The summed E-state index contributed by atoms with van der Waals surface area (Å²) in [6, 6.07) is 20.1. The van der Waals surface area contributed by atoms with Gasteiger partial charge in [0, 0.05) is 45.5 Å². The summed E-state index contributed by atoms with van der Waals surface area (Å²) in [6.45, 7) is 7.79. The fraction of sp³-hybridized carbons (Fsp3) is 0.385. The fourth-order valence-corrected chi connectivity index (χ4v) is 4.68. The Balaban J connectivity index is 1.77. The maximum absolute atomic E-state index is 13.4. The van der Waals surface area contributed by atoms with Gasteiger partial charge in [0.25, 0.3) is 5.56 Å². The first-order valence-corrected chi connectivity index (χ1v) is 11.6. The minimum Gasteiger partial charge on any atom is -0.385 e. The maximum atomic E-state index is 13.4. The van der Waals surface area contributed by atoms with E-state index in [4.69, 9.17) is 5.73 Å². The summed E-state index contributed by atoms with van der Waals surface area (Å²) in [6.07, 6.45) is 0. The highest BCUT2D eigenvalue weighted by Gasteiger charge is 2.32. The molecule has 2 aromatic carbocycles. The number of aromatic nitrogens is 2. The van der Waals surface area contributed by atoms with Crippen LogP contribution in [-0.2, 0) is 13.6 Å². The number of benzene rings is 2. The average molecular weight is 448 g/mol. The average Bonchev–Trinajstić information content (AvgIpc) is 2.84. The van der Waals surface area contributed by atoms with Gasteiger partial charge in [-0.1, -0.05) is 62.4 Å². The molecular formula is C26H33N5O2. The van der Waals surface area contributed by atoms with Gasteiger partial charge in [0.05, 0.1) is 11.6 Å². The molecule has 7 nitrogen and oxygen atoms in total. The number of rotatable bonds is 6. The van der Waals surface area contributed by atoms with Crippen molar-refractivity contribution in [1.29, 1.82) is 0 Å². The third kappa shape index (κ3) is 4.59. The molecule has 0 saturated carbocycles. The zero-order chi connectivity index (χ0) is 23.5. The predicted octanol–water partition coefficient (Wildman–Crippen LogP) is 2.70. The van der Waals surface area contributed by atoms with Gasteiger partial charge >= 0.3 is 5.69 Å². The molecule has 1 fully saturated rings. The second-order valence-corrected chi connectivity index (χ2v) is 9.12. The van der Waals surface area contributed by atoms with Crippen molar-refractivity contribution in [2.75, 3.05) is 36.8 Å². The number of nitrogen functional groups attached to an aromatic ring is 1. The molecule has 2 heterocycles. The Morgan fingerprint density at radius 3 is 2.03 bits per heavy atom.